The minimum atomic E-state index is 0.198. The van der Waals surface area contributed by atoms with Gasteiger partial charge >= 0.3 is 6.01 Å². The van der Waals surface area contributed by atoms with Crippen LogP contribution in [0.1, 0.15) is 37.4 Å². The number of hydrogen-bond acceptors (Lipinski definition) is 8. The molecule has 0 saturated carbocycles. The third-order valence-electron chi connectivity index (χ3n) is 8.91. The molecule has 3 aliphatic heterocycles. The Morgan fingerprint density at radius 3 is 2.67 bits per heavy atom. The summed E-state index contributed by atoms with van der Waals surface area (Å²) in [6.07, 6.45) is 3.70. The zero-order valence-electron chi connectivity index (χ0n) is 23.5. The van der Waals surface area contributed by atoms with E-state index in [0.717, 1.165) is 85.1 Å². The smallest absolute Gasteiger partial charge is 0.318 e. The highest BCUT2D eigenvalue weighted by molar-refractivity contribution is 6.36. The van der Waals surface area contributed by atoms with Gasteiger partial charge in [0.2, 0.25) is 0 Å². The molecule has 0 radical (unpaired) electrons. The molecule has 0 unspecified atom stereocenters. The van der Waals surface area contributed by atoms with Gasteiger partial charge in [0.1, 0.15) is 12.4 Å². The quantitative estimate of drug-likeness (QED) is 0.411. The van der Waals surface area contributed by atoms with Crippen molar-refractivity contribution in [2.45, 2.75) is 51.2 Å². The van der Waals surface area contributed by atoms with Crippen LogP contribution in [0, 0.1) is 11.3 Å². The molecule has 3 aromatic rings. The average Bonchev–Trinajstić information content (AvgIpc) is 3.39. The number of halogens is 1. The molecule has 0 bridgehead atoms. The van der Waals surface area contributed by atoms with Crippen molar-refractivity contribution in [2.24, 2.45) is 0 Å². The van der Waals surface area contributed by atoms with Crippen LogP contribution in [-0.4, -0.2) is 84.8 Å². The SMILES string of the molecule is CCN1CCN(c2nc(OC[C@@H]3CCCN3C)nc3c2CCN(c2cccc4cccc(Cl)c24)C3)C[C@@H]1CC#N. The topological polar surface area (TPSA) is 71.8 Å². The van der Waals surface area contributed by atoms with Gasteiger partial charge in [-0.05, 0) is 56.9 Å². The molecule has 2 atom stereocenters. The van der Waals surface area contributed by atoms with E-state index in [9.17, 15) is 5.26 Å². The lowest BCUT2D eigenvalue weighted by Crippen LogP contribution is -2.53. The number of hydrogen-bond donors (Lipinski definition) is 0. The first-order valence-electron chi connectivity index (χ1n) is 14.6. The van der Waals surface area contributed by atoms with Gasteiger partial charge in [0.05, 0.1) is 29.8 Å². The van der Waals surface area contributed by atoms with Gasteiger partial charge in [-0.3, -0.25) is 4.90 Å². The molecule has 0 amide bonds. The van der Waals surface area contributed by atoms with Crippen LogP contribution in [0.5, 0.6) is 6.01 Å². The van der Waals surface area contributed by atoms with Crippen molar-refractivity contribution in [3.05, 3.63) is 52.7 Å². The van der Waals surface area contributed by atoms with Gasteiger partial charge in [0.15, 0.2) is 0 Å². The standard InChI is InChI=1S/C31H38ClN7O/c1-3-37-17-18-39(19-23(37)12-14-33)30-25-13-16-38(28-11-5-8-22-7-4-10-26(32)29(22)28)20-27(25)34-31(35-30)40-21-24-9-6-15-36(24)2/h4-5,7-8,10-11,23-24H,3,6,9,12-13,15-21H2,1-2H3/t23-,24-/m0/s1. The highest BCUT2D eigenvalue weighted by atomic mass is 35.5. The van der Waals surface area contributed by atoms with E-state index in [1.165, 1.54) is 12.0 Å². The van der Waals surface area contributed by atoms with Crippen LogP contribution in [-0.2, 0) is 13.0 Å². The van der Waals surface area contributed by atoms with E-state index in [1.807, 2.05) is 12.1 Å². The lowest BCUT2D eigenvalue weighted by atomic mass is 10.0. The van der Waals surface area contributed by atoms with Crippen LogP contribution in [0.2, 0.25) is 5.02 Å². The second kappa shape index (κ2) is 11.8. The molecule has 1 aromatic heterocycles. The maximum absolute atomic E-state index is 9.49. The number of likely N-dealkylation sites (tertiary alicyclic amines) is 1. The Labute approximate surface area is 242 Å². The molecule has 2 aromatic carbocycles. The fourth-order valence-corrected chi connectivity index (χ4v) is 6.90. The minimum absolute atomic E-state index is 0.198. The summed E-state index contributed by atoms with van der Waals surface area (Å²) in [6, 6.07) is 15.9. The number of fused-ring (bicyclic) bond motifs is 2. The summed E-state index contributed by atoms with van der Waals surface area (Å²) in [7, 11) is 2.16. The van der Waals surface area contributed by atoms with Crippen LogP contribution < -0.4 is 14.5 Å². The molecule has 0 spiro atoms. The Hall–Kier alpha value is -3.12. The van der Waals surface area contributed by atoms with Gasteiger partial charge in [-0.1, -0.05) is 42.8 Å². The van der Waals surface area contributed by atoms with E-state index >= 15 is 0 Å². The van der Waals surface area contributed by atoms with Crippen molar-refractivity contribution >= 4 is 33.9 Å². The molecule has 3 aliphatic rings. The van der Waals surface area contributed by atoms with Crippen molar-refractivity contribution in [1.82, 2.24) is 19.8 Å². The molecule has 2 saturated heterocycles. The van der Waals surface area contributed by atoms with Gasteiger partial charge in [0, 0.05) is 54.9 Å². The van der Waals surface area contributed by atoms with Crippen LogP contribution in [0.4, 0.5) is 11.5 Å². The fraction of sp³-hybridized carbons (Fsp3) is 0.516. The number of nitriles is 1. The molecule has 9 heteroatoms. The van der Waals surface area contributed by atoms with E-state index < -0.39 is 0 Å². The lowest BCUT2D eigenvalue weighted by molar-refractivity contribution is 0.183. The fourth-order valence-electron chi connectivity index (χ4n) is 6.62. The molecular formula is C31H38ClN7O. The van der Waals surface area contributed by atoms with Gasteiger partial charge < -0.3 is 19.4 Å². The summed E-state index contributed by atoms with van der Waals surface area (Å²) in [6.45, 7) is 8.95. The molecule has 40 heavy (non-hydrogen) atoms. The Morgan fingerprint density at radius 1 is 1.05 bits per heavy atom. The second-order valence-electron chi connectivity index (χ2n) is 11.2. The van der Waals surface area contributed by atoms with Gasteiger partial charge in [-0.15, -0.1) is 0 Å². The number of piperazine rings is 1. The van der Waals surface area contributed by atoms with Crippen molar-refractivity contribution in [3.8, 4) is 12.1 Å². The predicted molar refractivity (Wildman–Crippen MR) is 160 cm³/mol. The summed E-state index contributed by atoms with van der Waals surface area (Å²) >= 11 is 6.70. The lowest BCUT2D eigenvalue weighted by Gasteiger charge is -2.42. The molecular weight excluding hydrogens is 522 g/mol. The molecule has 0 N–H and O–H groups in total. The first-order chi connectivity index (χ1) is 19.6. The summed E-state index contributed by atoms with van der Waals surface area (Å²) in [5.41, 5.74) is 3.35. The Kier molecular flexibility index (Phi) is 7.97. The normalized spacial score (nSPS) is 21.9. The van der Waals surface area contributed by atoms with E-state index in [-0.39, 0.29) is 6.04 Å². The highest BCUT2D eigenvalue weighted by Gasteiger charge is 2.32. The van der Waals surface area contributed by atoms with Gasteiger partial charge in [0.25, 0.3) is 0 Å². The summed E-state index contributed by atoms with van der Waals surface area (Å²) in [5.74, 6) is 0.981. The van der Waals surface area contributed by atoms with Crippen LogP contribution in [0.25, 0.3) is 10.8 Å². The summed E-state index contributed by atoms with van der Waals surface area (Å²) < 4.78 is 6.31. The number of ether oxygens (including phenoxy) is 1. The zero-order chi connectivity index (χ0) is 27.6. The van der Waals surface area contributed by atoms with Crippen LogP contribution >= 0.6 is 11.6 Å². The minimum Gasteiger partial charge on any atom is -0.462 e. The maximum Gasteiger partial charge on any atom is 0.318 e. The Bertz CT molecular complexity index is 1400. The predicted octanol–water partition coefficient (Wildman–Crippen LogP) is 4.74. The van der Waals surface area contributed by atoms with Crippen molar-refractivity contribution in [1.29, 1.82) is 5.26 Å². The van der Waals surface area contributed by atoms with E-state index in [0.29, 0.717) is 31.6 Å². The Balaban J connectivity index is 1.34. The zero-order valence-corrected chi connectivity index (χ0v) is 24.3. The number of nitrogens with zero attached hydrogens (tertiary/aromatic N) is 7. The molecule has 8 nitrogen and oxygen atoms in total. The number of rotatable bonds is 7. The first kappa shape index (κ1) is 27.1. The average molecular weight is 560 g/mol. The third-order valence-corrected chi connectivity index (χ3v) is 9.22. The van der Waals surface area contributed by atoms with E-state index in [1.54, 1.807) is 0 Å². The number of benzene rings is 2. The number of aromatic nitrogens is 2. The molecule has 6 rings (SSSR count). The molecule has 210 valence electrons. The van der Waals surface area contributed by atoms with Gasteiger partial charge in [-0.2, -0.15) is 15.2 Å². The van der Waals surface area contributed by atoms with Crippen molar-refractivity contribution in [2.75, 3.05) is 62.7 Å². The van der Waals surface area contributed by atoms with E-state index in [4.69, 9.17) is 26.3 Å². The first-order valence-corrected chi connectivity index (χ1v) is 14.9. The highest BCUT2D eigenvalue weighted by Crippen LogP contribution is 2.37. The largest absolute Gasteiger partial charge is 0.462 e. The van der Waals surface area contributed by atoms with Crippen molar-refractivity contribution in [3.63, 3.8) is 0 Å². The third kappa shape index (κ3) is 5.30. The molecule has 2 fully saturated rings. The number of likely N-dealkylation sites (N-methyl/N-ethyl adjacent to an activating group) is 2. The van der Waals surface area contributed by atoms with E-state index in [2.05, 4.69) is 63.9 Å². The van der Waals surface area contributed by atoms with Crippen LogP contribution in [0.15, 0.2) is 36.4 Å². The number of anilines is 2. The monoisotopic (exact) mass is 559 g/mol. The maximum atomic E-state index is 9.49. The Morgan fingerprint density at radius 2 is 1.90 bits per heavy atom. The molecule has 4 heterocycles. The molecule has 0 aliphatic carbocycles. The van der Waals surface area contributed by atoms with Gasteiger partial charge in [-0.25, -0.2) is 0 Å². The van der Waals surface area contributed by atoms with Crippen molar-refractivity contribution < 1.29 is 4.74 Å². The second-order valence-corrected chi connectivity index (χ2v) is 11.6. The van der Waals surface area contributed by atoms with Crippen LogP contribution in [0.3, 0.4) is 0 Å². The summed E-state index contributed by atoms with van der Waals surface area (Å²) in [5, 5.41) is 12.5. The summed E-state index contributed by atoms with van der Waals surface area (Å²) in [4.78, 5) is 19.6.